The Morgan fingerprint density at radius 1 is 1.47 bits per heavy atom. The van der Waals surface area contributed by atoms with E-state index in [0.29, 0.717) is 0 Å². The molecular formula is C12H11NO2. The molecule has 1 aromatic rings. The summed E-state index contributed by atoms with van der Waals surface area (Å²) in [7, 11) is 0. The smallest absolute Gasteiger partial charge is 0.331 e. The highest BCUT2D eigenvalue weighted by molar-refractivity contribution is 5.83. The number of hydrogen-bond donors (Lipinski definition) is 0. The summed E-state index contributed by atoms with van der Waals surface area (Å²) < 4.78 is 5.07. The number of rotatable bonds is 2. The van der Waals surface area contributed by atoms with Gasteiger partial charge in [-0.1, -0.05) is 12.1 Å². The van der Waals surface area contributed by atoms with Crippen molar-refractivity contribution in [3.63, 3.8) is 0 Å². The zero-order valence-electron chi connectivity index (χ0n) is 8.17. The van der Waals surface area contributed by atoms with Crippen molar-refractivity contribution in [3.05, 3.63) is 48.3 Å². The molecule has 0 saturated heterocycles. The van der Waals surface area contributed by atoms with E-state index in [1.54, 1.807) is 6.20 Å². The maximum Gasteiger partial charge on any atom is 0.331 e. The van der Waals surface area contributed by atoms with Crippen molar-refractivity contribution in [2.75, 3.05) is 0 Å². The number of carbonyl (C=O) groups is 1. The molecule has 0 N–H and O–H groups in total. The first-order valence-corrected chi connectivity index (χ1v) is 4.81. The van der Waals surface area contributed by atoms with Crippen molar-refractivity contribution in [2.45, 2.75) is 12.5 Å². The van der Waals surface area contributed by atoms with Crippen LogP contribution in [0.25, 0.3) is 6.08 Å². The molecule has 0 amide bonds. The van der Waals surface area contributed by atoms with E-state index in [1.807, 2.05) is 36.4 Å². The van der Waals surface area contributed by atoms with Crippen LogP contribution in [-0.4, -0.2) is 17.1 Å². The monoisotopic (exact) mass is 201 g/mol. The minimum Gasteiger partial charge on any atom is -0.455 e. The van der Waals surface area contributed by atoms with Crippen LogP contribution in [0.15, 0.2) is 42.6 Å². The van der Waals surface area contributed by atoms with Gasteiger partial charge in [0.05, 0.1) is 5.69 Å². The molecule has 0 fully saturated rings. The van der Waals surface area contributed by atoms with Gasteiger partial charge < -0.3 is 4.74 Å². The highest BCUT2D eigenvalue weighted by atomic mass is 16.5. The largest absolute Gasteiger partial charge is 0.455 e. The second-order valence-electron chi connectivity index (χ2n) is 3.23. The summed E-state index contributed by atoms with van der Waals surface area (Å²) in [5.41, 5.74) is 0.864. The van der Waals surface area contributed by atoms with Gasteiger partial charge in [0, 0.05) is 18.7 Å². The molecule has 3 nitrogen and oxygen atoms in total. The SMILES string of the molecule is O=C1C=CC[C@H](/C=C/c2ccccn2)O1. The molecule has 3 heteroatoms. The van der Waals surface area contributed by atoms with E-state index in [9.17, 15) is 4.79 Å². The molecule has 15 heavy (non-hydrogen) atoms. The van der Waals surface area contributed by atoms with Gasteiger partial charge in [-0.3, -0.25) is 4.98 Å². The number of ether oxygens (including phenoxy) is 1. The lowest BCUT2D eigenvalue weighted by Gasteiger charge is -2.14. The van der Waals surface area contributed by atoms with E-state index in [2.05, 4.69) is 4.98 Å². The Kier molecular flexibility index (Phi) is 2.93. The summed E-state index contributed by atoms with van der Waals surface area (Å²) in [6, 6.07) is 5.68. The topological polar surface area (TPSA) is 39.2 Å². The van der Waals surface area contributed by atoms with Gasteiger partial charge in [-0.15, -0.1) is 0 Å². The van der Waals surface area contributed by atoms with E-state index < -0.39 is 0 Å². The van der Waals surface area contributed by atoms with Gasteiger partial charge in [0.1, 0.15) is 6.10 Å². The zero-order valence-corrected chi connectivity index (χ0v) is 8.17. The van der Waals surface area contributed by atoms with Crippen LogP contribution in [0.3, 0.4) is 0 Å². The Morgan fingerprint density at radius 3 is 3.13 bits per heavy atom. The van der Waals surface area contributed by atoms with Gasteiger partial charge >= 0.3 is 5.97 Å². The summed E-state index contributed by atoms with van der Waals surface area (Å²) in [6.07, 6.45) is 9.27. The number of pyridine rings is 1. The number of esters is 1. The highest BCUT2D eigenvalue weighted by Gasteiger charge is 2.11. The van der Waals surface area contributed by atoms with Crippen LogP contribution in [0.1, 0.15) is 12.1 Å². The van der Waals surface area contributed by atoms with Crippen molar-refractivity contribution in [1.82, 2.24) is 4.98 Å². The molecule has 1 aliphatic rings. The summed E-state index contributed by atoms with van der Waals surface area (Å²) in [4.78, 5) is 15.1. The first kappa shape index (κ1) is 9.65. The average Bonchev–Trinajstić information content (AvgIpc) is 2.28. The quantitative estimate of drug-likeness (QED) is 0.687. The van der Waals surface area contributed by atoms with Crippen LogP contribution in [0.2, 0.25) is 0 Å². The lowest BCUT2D eigenvalue weighted by Crippen LogP contribution is -2.17. The molecule has 0 unspecified atom stereocenters. The Labute approximate surface area is 88.1 Å². The van der Waals surface area contributed by atoms with Crippen LogP contribution in [0.4, 0.5) is 0 Å². The maximum atomic E-state index is 10.9. The fraction of sp³-hybridized carbons (Fsp3) is 0.167. The fourth-order valence-corrected chi connectivity index (χ4v) is 1.33. The van der Waals surface area contributed by atoms with Gasteiger partial charge in [0.25, 0.3) is 0 Å². The molecule has 1 atom stereocenters. The van der Waals surface area contributed by atoms with E-state index in [1.165, 1.54) is 6.08 Å². The maximum absolute atomic E-state index is 10.9. The van der Waals surface area contributed by atoms with Crippen molar-refractivity contribution < 1.29 is 9.53 Å². The number of cyclic esters (lactones) is 1. The summed E-state index contributed by atoms with van der Waals surface area (Å²) in [5.74, 6) is -0.281. The summed E-state index contributed by atoms with van der Waals surface area (Å²) in [6.45, 7) is 0. The van der Waals surface area contributed by atoms with Crippen molar-refractivity contribution in [2.24, 2.45) is 0 Å². The van der Waals surface area contributed by atoms with E-state index in [0.717, 1.165) is 12.1 Å². The number of hydrogen-bond acceptors (Lipinski definition) is 3. The van der Waals surface area contributed by atoms with Gasteiger partial charge in [-0.2, -0.15) is 0 Å². The van der Waals surface area contributed by atoms with Crippen LogP contribution >= 0.6 is 0 Å². The molecule has 0 spiro atoms. The normalized spacial score (nSPS) is 20.5. The molecule has 0 bridgehead atoms. The molecule has 0 saturated carbocycles. The summed E-state index contributed by atoms with van der Waals surface area (Å²) in [5, 5.41) is 0. The van der Waals surface area contributed by atoms with E-state index >= 15 is 0 Å². The third-order valence-electron chi connectivity index (χ3n) is 2.06. The minimum absolute atomic E-state index is 0.162. The minimum atomic E-state index is -0.281. The zero-order chi connectivity index (χ0) is 10.5. The predicted molar refractivity (Wildman–Crippen MR) is 56.9 cm³/mol. The Hall–Kier alpha value is -1.90. The van der Waals surface area contributed by atoms with Crippen molar-refractivity contribution >= 4 is 12.0 Å². The first-order valence-electron chi connectivity index (χ1n) is 4.81. The van der Waals surface area contributed by atoms with E-state index in [-0.39, 0.29) is 12.1 Å². The van der Waals surface area contributed by atoms with Gasteiger partial charge in [-0.05, 0) is 24.3 Å². The molecule has 1 aliphatic heterocycles. The number of aromatic nitrogens is 1. The first-order chi connectivity index (χ1) is 7.34. The number of carbonyl (C=O) groups excluding carboxylic acids is 1. The third-order valence-corrected chi connectivity index (χ3v) is 2.06. The van der Waals surface area contributed by atoms with Crippen molar-refractivity contribution in [1.29, 1.82) is 0 Å². The lowest BCUT2D eigenvalue weighted by molar-refractivity contribution is -0.141. The Balaban J connectivity index is 2.00. The molecule has 0 aliphatic carbocycles. The average molecular weight is 201 g/mol. The Morgan fingerprint density at radius 2 is 2.40 bits per heavy atom. The molecular weight excluding hydrogens is 190 g/mol. The second kappa shape index (κ2) is 4.55. The molecule has 0 radical (unpaired) electrons. The second-order valence-corrected chi connectivity index (χ2v) is 3.23. The predicted octanol–water partition coefficient (Wildman–Crippen LogP) is 1.97. The fourth-order valence-electron chi connectivity index (χ4n) is 1.33. The van der Waals surface area contributed by atoms with Crippen LogP contribution in [0, 0.1) is 0 Å². The molecule has 1 aromatic heterocycles. The highest BCUT2D eigenvalue weighted by Crippen LogP contribution is 2.10. The standard InChI is InChI=1S/C12H11NO2/c14-12-6-3-5-11(15-12)8-7-10-4-1-2-9-13-10/h1-4,6-9,11H,5H2/b8-7+/t11-/m1/s1. The van der Waals surface area contributed by atoms with Crippen molar-refractivity contribution in [3.8, 4) is 0 Å². The van der Waals surface area contributed by atoms with E-state index in [4.69, 9.17) is 4.74 Å². The Bertz CT molecular complexity index is 395. The lowest BCUT2D eigenvalue weighted by atomic mass is 10.2. The summed E-state index contributed by atoms with van der Waals surface area (Å²) >= 11 is 0. The van der Waals surface area contributed by atoms with Crippen LogP contribution in [0.5, 0.6) is 0 Å². The number of nitrogens with zero attached hydrogens (tertiary/aromatic N) is 1. The molecule has 2 rings (SSSR count). The van der Waals surface area contributed by atoms with Gasteiger partial charge in [0.2, 0.25) is 0 Å². The van der Waals surface area contributed by atoms with Gasteiger partial charge in [0.15, 0.2) is 0 Å². The molecule has 0 aromatic carbocycles. The van der Waals surface area contributed by atoms with Gasteiger partial charge in [-0.25, -0.2) is 4.79 Å². The molecule has 2 heterocycles. The van der Waals surface area contributed by atoms with Crippen LogP contribution in [-0.2, 0) is 9.53 Å². The molecule has 76 valence electrons. The third kappa shape index (κ3) is 2.77. The van der Waals surface area contributed by atoms with Crippen LogP contribution < -0.4 is 0 Å².